The lowest BCUT2D eigenvalue weighted by Gasteiger charge is -2.21. The number of fused-ring (bicyclic) bond motifs is 1. The Morgan fingerprint density at radius 3 is 2.55 bits per heavy atom. The van der Waals surface area contributed by atoms with Gasteiger partial charge in [-0.05, 0) is 58.6 Å². The average Bonchev–Trinajstić information content (AvgIpc) is 3.08. The molecule has 8 heteroatoms. The fourth-order valence-electron chi connectivity index (χ4n) is 2.83. The summed E-state index contributed by atoms with van der Waals surface area (Å²) in [6, 6.07) is 11.4. The van der Waals surface area contributed by atoms with Crippen LogP contribution in [0.2, 0.25) is 5.02 Å². The Morgan fingerprint density at radius 1 is 1.14 bits per heavy atom. The van der Waals surface area contributed by atoms with Crippen LogP contribution in [0.3, 0.4) is 0 Å². The van der Waals surface area contributed by atoms with Crippen molar-refractivity contribution < 1.29 is 24.2 Å². The van der Waals surface area contributed by atoms with Gasteiger partial charge < -0.3 is 15.1 Å². The summed E-state index contributed by atoms with van der Waals surface area (Å²) in [6.07, 6.45) is 1.13. The Kier molecular flexibility index (Phi) is 6.51. The van der Waals surface area contributed by atoms with Gasteiger partial charge in [-0.15, -0.1) is 11.3 Å². The Balaban J connectivity index is 1.85. The highest BCUT2D eigenvalue weighted by atomic mass is 35.5. The Morgan fingerprint density at radius 2 is 1.86 bits per heavy atom. The topological polar surface area (TPSA) is 77.8 Å². The highest BCUT2D eigenvalue weighted by Gasteiger charge is 2.17. The highest BCUT2D eigenvalue weighted by molar-refractivity contribution is 7.17. The fraction of sp³-hybridized carbons (Fsp3) is 0.143. The van der Waals surface area contributed by atoms with Gasteiger partial charge in [-0.1, -0.05) is 23.7 Å². The van der Waals surface area contributed by atoms with E-state index in [0.29, 0.717) is 17.5 Å². The van der Waals surface area contributed by atoms with Crippen molar-refractivity contribution in [1.82, 2.24) is 4.90 Å². The molecule has 150 valence electrons. The lowest BCUT2D eigenvalue weighted by Crippen LogP contribution is -2.31. The van der Waals surface area contributed by atoms with E-state index in [-0.39, 0.29) is 18.9 Å². The normalized spacial score (nSPS) is 11.6. The molecule has 1 amide bonds. The lowest BCUT2D eigenvalue weighted by molar-refractivity contribution is -0.136. The van der Waals surface area contributed by atoms with Crippen molar-refractivity contribution in [3.8, 4) is 0 Å². The molecule has 29 heavy (non-hydrogen) atoms. The Hall–Kier alpha value is -2.90. The summed E-state index contributed by atoms with van der Waals surface area (Å²) in [5.74, 6) is -3.59. The standard InChI is InChI=1S/C21H17ClFNO4S/c22-15-3-6-19-17(9-15)14(12-29-19)11-24(20(26)10-18(25)21(27)28)8-7-13-1-4-16(23)5-2-13/h1-6,9-10,12,25H,7-8,11H2,(H,27,28). The van der Waals surface area contributed by atoms with Crippen LogP contribution in [0.1, 0.15) is 11.1 Å². The summed E-state index contributed by atoms with van der Waals surface area (Å²) in [5.41, 5.74) is 1.69. The molecule has 1 heterocycles. The number of hydrogen-bond donors (Lipinski definition) is 2. The second-order valence-corrected chi connectivity index (χ2v) is 7.72. The highest BCUT2D eigenvalue weighted by Crippen LogP contribution is 2.29. The van der Waals surface area contributed by atoms with Gasteiger partial charge in [-0.2, -0.15) is 0 Å². The van der Waals surface area contributed by atoms with E-state index in [2.05, 4.69) is 0 Å². The predicted molar refractivity (Wildman–Crippen MR) is 111 cm³/mol. The largest absolute Gasteiger partial charge is 0.502 e. The number of nitrogens with zero attached hydrogens (tertiary/aromatic N) is 1. The third kappa shape index (κ3) is 5.34. The first-order chi connectivity index (χ1) is 13.8. The van der Waals surface area contributed by atoms with Crippen molar-refractivity contribution in [2.24, 2.45) is 0 Å². The second-order valence-electron chi connectivity index (χ2n) is 6.37. The zero-order valence-electron chi connectivity index (χ0n) is 15.1. The molecule has 0 saturated carbocycles. The Labute approximate surface area is 175 Å². The van der Waals surface area contributed by atoms with Crippen molar-refractivity contribution in [2.45, 2.75) is 13.0 Å². The molecule has 0 unspecified atom stereocenters. The first-order valence-corrected chi connectivity index (χ1v) is 9.92. The maximum Gasteiger partial charge on any atom is 0.371 e. The molecule has 0 spiro atoms. The van der Waals surface area contributed by atoms with E-state index in [4.69, 9.17) is 16.7 Å². The molecule has 0 aliphatic rings. The molecule has 2 aromatic carbocycles. The quantitative estimate of drug-likeness (QED) is 0.414. The van der Waals surface area contributed by atoms with Crippen molar-refractivity contribution in [3.63, 3.8) is 0 Å². The minimum atomic E-state index is -1.58. The molecule has 0 fully saturated rings. The minimum absolute atomic E-state index is 0.212. The smallest absolute Gasteiger partial charge is 0.371 e. The molecule has 3 rings (SSSR count). The monoisotopic (exact) mass is 433 g/mol. The summed E-state index contributed by atoms with van der Waals surface area (Å²) in [4.78, 5) is 24.9. The van der Waals surface area contributed by atoms with Crippen molar-refractivity contribution in [2.75, 3.05) is 6.54 Å². The first kappa shape index (κ1) is 20.8. The van der Waals surface area contributed by atoms with Crippen molar-refractivity contribution >= 4 is 44.9 Å². The van der Waals surface area contributed by atoms with Gasteiger partial charge >= 0.3 is 5.97 Å². The number of carboxylic acid groups (broad SMARTS) is 1. The van der Waals surface area contributed by atoms with Crippen LogP contribution < -0.4 is 0 Å². The van der Waals surface area contributed by atoms with Gasteiger partial charge in [0.25, 0.3) is 5.91 Å². The number of thiophene rings is 1. The van der Waals surface area contributed by atoms with Gasteiger partial charge in [-0.25, -0.2) is 9.18 Å². The molecule has 0 aliphatic heterocycles. The molecule has 0 aliphatic carbocycles. The summed E-state index contributed by atoms with van der Waals surface area (Å²) in [6.45, 7) is 0.468. The number of carbonyl (C=O) groups excluding carboxylic acids is 1. The third-order valence-corrected chi connectivity index (χ3v) is 5.60. The lowest BCUT2D eigenvalue weighted by atomic mass is 10.1. The zero-order chi connectivity index (χ0) is 21.0. The average molecular weight is 434 g/mol. The number of amides is 1. The molecule has 0 radical (unpaired) electrons. The number of rotatable bonds is 7. The van der Waals surface area contributed by atoms with E-state index in [1.165, 1.54) is 28.4 Å². The maximum atomic E-state index is 13.1. The van der Waals surface area contributed by atoms with Crippen molar-refractivity contribution in [1.29, 1.82) is 0 Å². The molecular formula is C21H17ClFNO4S. The first-order valence-electron chi connectivity index (χ1n) is 8.66. The Bertz CT molecular complexity index is 1080. The van der Waals surface area contributed by atoms with E-state index in [0.717, 1.165) is 21.2 Å². The van der Waals surface area contributed by atoms with E-state index in [1.807, 2.05) is 17.5 Å². The van der Waals surface area contributed by atoms with Crippen LogP contribution in [0.4, 0.5) is 4.39 Å². The van der Waals surface area contributed by atoms with E-state index in [9.17, 15) is 19.1 Å². The number of carboxylic acids is 1. The van der Waals surface area contributed by atoms with Gasteiger partial charge in [0.1, 0.15) is 5.82 Å². The molecule has 5 nitrogen and oxygen atoms in total. The molecular weight excluding hydrogens is 417 g/mol. The van der Waals surface area contributed by atoms with E-state index < -0.39 is 17.6 Å². The number of benzene rings is 2. The van der Waals surface area contributed by atoms with Crippen LogP contribution in [0.25, 0.3) is 10.1 Å². The number of hydrogen-bond acceptors (Lipinski definition) is 4. The zero-order valence-corrected chi connectivity index (χ0v) is 16.7. The van der Waals surface area contributed by atoms with Gasteiger partial charge in [0, 0.05) is 22.8 Å². The third-order valence-electron chi connectivity index (χ3n) is 4.35. The van der Waals surface area contributed by atoms with Crippen LogP contribution in [0.15, 0.2) is 59.7 Å². The second kappa shape index (κ2) is 9.07. The van der Waals surface area contributed by atoms with E-state index in [1.54, 1.807) is 18.2 Å². The van der Waals surface area contributed by atoms with Gasteiger partial charge in [0.2, 0.25) is 5.76 Å². The van der Waals surface area contributed by atoms with Crippen LogP contribution in [-0.4, -0.2) is 33.5 Å². The summed E-state index contributed by atoms with van der Waals surface area (Å²) in [7, 11) is 0. The van der Waals surface area contributed by atoms with Gasteiger partial charge in [0.05, 0.1) is 6.08 Å². The number of aliphatic hydroxyl groups excluding tert-OH is 1. The van der Waals surface area contributed by atoms with Crippen LogP contribution >= 0.6 is 22.9 Å². The fourth-order valence-corrected chi connectivity index (χ4v) is 3.94. The van der Waals surface area contributed by atoms with E-state index >= 15 is 0 Å². The number of aliphatic carboxylic acids is 1. The van der Waals surface area contributed by atoms with Crippen LogP contribution in [-0.2, 0) is 22.6 Å². The molecule has 1 aromatic heterocycles. The molecule has 2 N–H and O–H groups in total. The van der Waals surface area contributed by atoms with Crippen molar-refractivity contribution in [3.05, 3.63) is 81.6 Å². The maximum absolute atomic E-state index is 13.1. The predicted octanol–water partition coefficient (Wildman–Crippen LogP) is 4.79. The van der Waals surface area contributed by atoms with Gasteiger partial charge in [0.15, 0.2) is 0 Å². The molecule has 0 bridgehead atoms. The molecule has 0 saturated heterocycles. The van der Waals surface area contributed by atoms with Gasteiger partial charge in [-0.3, -0.25) is 4.79 Å². The summed E-state index contributed by atoms with van der Waals surface area (Å²) < 4.78 is 14.1. The summed E-state index contributed by atoms with van der Waals surface area (Å²) >= 11 is 7.60. The number of carbonyl (C=O) groups is 2. The van der Waals surface area contributed by atoms with Crippen LogP contribution in [0, 0.1) is 5.82 Å². The summed E-state index contributed by atoms with van der Waals surface area (Å²) in [5, 5.41) is 21.7. The molecule has 0 atom stereocenters. The number of aliphatic hydroxyl groups is 1. The SMILES string of the molecule is O=C(O)C(O)=CC(=O)N(CCc1ccc(F)cc1)Cc1csc2ccc(Cl)cc12. The minimum Gasteiger partial charge on any atom is -0.502 e. The number of halogens is 2. The molecule has 3 aromatic rings. The van der Waals surface area contributed by atoms with Crippen LogP contribution in [0.5, 0.6) is 0 Å².